The molecule has 0 unspecified atom stereocenters. The molecule has 0 aliphatic carbocycles. The van der Waals surface area contributed by atoms with E-state index in [-0.39, 0.29) is 5.91 Å². The summed E-state index contributed by atoms with van der Waals surface area (Å²) in [5, 5.41) is 11.0. The molecule has 8 nitrogen and oxygen atoms in total. The van der Waals surface area contributed by atoms with Crippen LogP contribution in [-0.2, 0) is 6.61 Å². The van der Waals surface area contributed by atoms with E-state index in [9.17, 15) is 4.79 Å². The number of fused-ring (bicyclic) bond motifs is 1. The van der Waals surface area contributed by atoms with Crippen LogP contribution in [0.5, 0.6) is 17.2 Å². The smallest absolute Gasteiger partial charge is 0.256 e. The molecule has 0 radical (unpaired) electrons. The number of carbonyl (C=O) groups excluding carboxylic acids is 1. The van der Waals surface area contributed by atoms with Gasteiger partial charge >= 0.3 is 0 Å². The van der Waals surface area contributed by atoms with Crippen molar-refractivity contribution in [1.82, 2.24) is 15.1 Å². The summed E-state index contributed by atoms with van der Waals surface area (Å²) in [7, 11) is 2.14. The SMILES string of the molecule is CN1CCN(c2ccc(C(=O)Nc3n[nH]c4ccc(Oc5cccc(OCc6ccccc6)c5)cc34)cc2)CC1. The molecule has 8 heteroatoms. The number of benzene rings is 4. The Balaban J connectivity index is 1.12. The van der Waals surface area contributed by atoms with Gasteiger partial charge in [-0.25, -0.2) is 0 Å². The number of likely N-dealkylation sites (N-methyl/N-ethyl adjacent to an activating group) is 1. The van der Waals surface area contributed by atoms with E-state index in [0.717, 1.165) is 54.1 Å². The fraction of sp³-hybridized carbons (Fsp3) is 0.188. The fourth-order valence-electron chi connectivity index (χ4n) is 4.72. The van der Waals surface area contributed by atoms with Gasteiger partial charge in [-0.1, -0.05) is 36.4 Å². The highest BCUT2D eigenvalue weighted by Crippen LogP contribution is 2.30. The van der Waals surface area contributed by atoms with E-state index >= 15 is 0 Å². The van der Waals surface area contributed by atoms with Crippen molar-refractivity contribution in [3.8, 4) is 17.2 Å². The van der Waals surface area contributed by atoms with Crippen LogP contribution >= 0.6 is 0 Å². The molecule has 1 amide bonds. The van der Waals surface area contributed by atoms with E-state index in [0.29, 0.717) is 29.5 Å². The Morgan fingerprint density at radius 3 is 2.40 bits per heavy atom. The van der Waals surface area contributed by atoms with Crippen molar-refractivity contribution in [3.05, 3.63) is 108 Å². The average molecular weight is 534 g/mol. The number of aromatic amines is 1. The normalized spacial score (nSPS) is 13.8. The minimum absolute atomic E-state index is 0.215. The number of anilines is 2. The predicted octanol–water partition coefficient (Wildman–Crippen LogP) is 5.94. The summed E-state index contributed by atoms with van der Waals surface area (Å²) in [6.45, 7) is 4.52. The predicted molar refractivity (Wildman–Crippen MR) is 157 cm³/mol. The maximum Gasteiger partial charge on any atom is 0.256 e. The second kappa shape index (κ2) is 11.5. The number of nitrogens with zero attached hydrogens (tertiary/aromatic N) is 3. The monoisotopic (exact) mass is 533 g/mol. The molecule has 1 aliphatic rings. The number of aromatic nitrogens is 2. The summed E-state index contributed by atoms with van der Waals surface area (Å²) in [5.74, 6) is 2.24. The first-order valence-electron chi connectivity index (χ1n) is 13.4. The first kappa shape index (κ1) is 25.5. The molecule has 202 valence electrons. The summed E-state index contributed by atoms with van der Waals surface area (Å²) in [5.41, 5.74) is 3.60. The van der Waals surface area contributed by atoms with E-state index in [2.05, 4.69) is 32.4 Å². The molecule has 40 heavy (non-hydrogen) atoms. The maximum atomic E-state index is 13.0. The molecule has 6 rings (SSSR count). The van der Waals surface area contributed by atoms with Crippen LogP contribution in [0.2, 0.25) is 0 Å². The number of hydrogen-bond donors (Lipinski definition) is 2. The van der Waals surface area contributed by atoms with E-state index in [1.807, 2.05) is 97.1 Å². The lowest BCUT2D eigenvalue weighted by Gasteiger charge is -2.34. The largest absolute Gasteiger partial charge is 0.489 e. The molecule has 0 bridgehead atoms. The number of amides is 1. The Bertz CT molecular complexity index is 1590. The zero-order chi connectivity index (χ0) is 27.3. The highest BCUT2D eigenvalue weighted by molar-refractivity contribution is 6.08. The molecule has 0 saturated carbocycles. The number of rotatable bonds is 8. The number of nitrogens with one attached hydrogen (secondary N) is 2. The van der Waals surface area contributed by atoms with Crippen LogP contribution in [0.4, 0.5) is 11.5 Å². The average Bonchev–Trinajstić information content (AvgIpc) is 3.39. The Hall–Kier alpha value is -4.82. The molecular weight excluding hydrogens is 502 g/mol. The topological polar surface area (TPSA) is 82.7 Å². The van der Waals surface area contributed by atoms with Gasteiger partial charge in [-0.3, -0.25) is 9.89 Å². The first-order chi connectivity index (χ1) is 19.6. The van der Waals surface area contributed by atoms with Crippen molar-refractivity contribution in [2.24, 2.45) is 0 Å². The molecule has 0 atom stereocenters. The van der Waals surface area contributed by atoms with Crippen molar-refractivity contribution in [2.45, 2.75) is 6.61 Å². The van der Waals surface area contributed by atoms with Gasteiger partial charge in [-0.05, 0) is 67.2 Å². The summed E-state index contributed by atoms with van der Waals surface area (Å²) in [4.78, 5) is 17.7. The van der Waals surface area contributed by atoms with Crippen molar-refractivity contribution in [2.75, 3.05) is 43.4 Å². The Morgan fingerprint density at radius 2 is 1.60 bits per heavy atom. The van der Waals surface area contributed by atoms with E-state index < -0.39 is 0 Å². The van der Waals surface area contributed by atoms with E-state index in [4.69, 9.17) is 9.47 Å². The maximum absolute atomic E-state index is 13.0. The molecule has 5 aromatic rings. The molecule has 4 aromatic carbocycles. The van der Waals surface area contributed by atoms with Crippen LogP contribution in [0.15, 0.2) is 97.1 Å². The van der Waals surface area contributed by atoms with Crippen LogP contribution in [0.1, 0.15) is 15.9 Å². The minimum atomic E-state index is -0.215. The van der Waals surface area contributed by atoms with Crippen molar-refractivity contribution in [1.29, 1.82) is 0 Å². The van der Waals surface area contributed by atoms with Gasteiger partial charge in [0.25, 0.3) is 5.91 Å². The lowest BCUT2D eigenvalue weighted by molar-refractivity contribution is 0.102. The van der Waals surface area contributed by atoms with Crippen molar-refractivity contribution >= 4 is 28.3 Å². The number of piperazine rings is 1. The molecular formula is C32H31N5O3. The molecule has 1 aliphatic heterocycles. The van der Waals surface area contributed by atoms with Gasteiger partial charge in [-0.2, -0.15) is 5.10 Å². The Labute approximate surface area is 233 Å². The molecule has 1 fully saturated rings. The zero-order valence-electron chi connectivity index (χ0n) is 22.3. The highest BCUT2D eigenvalue weighted by Gasteiger charge is 2.16. The van der Waals surface area contributed by atoms with Crippen LogP contribution in [0.3, 0.4) is 0 Å². The zero-order valence-corrected chi connectivity index (χ0v) is 22.3. The summed E-state index contributed by atoms with van der Waals surface area (Å²) >= 11 is 0. The van der Waals surface area contributed by atoms with Crippen LogP contribution in [0, 0.1) is 0 Å². The number of carbonyl (C=O) groups is 1. The standard InChI is InChI=1S/C32H31N5O3/c1-36-16-18-37(19-17-36)25-12-10-24(11-13-25)32(38)33-31-29-21-28(14-15-30(29)34-35-31)40-27-9-5-8-26(20-27)39-22-23-6-3-2-4-7-23/h2-15,20-21H,16-19,22H2,1H3,(H2,33,34,35,38). The lowest BCUT2D eigenvalue weighted by Crippen LogP contribution is -2.44. The molecule has 1 saturated heterocycles. The summed E-state index contributed by atoms with van der Waals surface area (Å²) < 4.78 is 12.1. The highest BCUT2D eigenvalue weighted by atomic mass is 16.5. The molecule has 2 N–H and O–H groups in total. The van der Waals surface area contributed by atoms with Crippen molar-refractivity contribution in [3.63, 3.8) is 0 Å². The van der Waals surface area contributed by atoms with E-state index in [1.165, 1.54) is 0 Å². The third-order valence-electron chi connectivity index (χ3n) is 7.05. The number of ether oxygens (including phenoxy) is 2. The van der Waals surface area contributed by atoms with Gasteiger partial charge in [0.05, 0.1) is 5.52 Å². The van der Waals surface area contributed by atoms with Crippen LogP contribution in [-0.4, -0.2) is 54.2 Å². The van der Waals surface area contributed by atoms with Gasteiger partial charge in [0, 0.05) is 48.9 Å². The number of H-pyrrole nitrogens is 1. The van der Waals surface area contributed by atoms with Gasteiger partial charge in [0.2, 0.25) is 0 Å². The second-order valence-corrected chi connectivity index (χ2v) is 9.92. The van der Waals surface area contributed by atoms with Gasteiger partial charge in [0.1, 0.15) is 23.9 Å². The van der Waals surface area contributed by atoms with Crippen LogP contribution < -0.4 is 19.7 Å². The minimum Gasteiger partial charge on any atom is -0.489 e. The van der Waals surface area contributed by atoms with Crippen molar-refractivity contribution < 1.29 is 14.3 Å². The Morgan fingerprint density at radius 1 is 0.850 bits per heavy atom. The van der Waals surface area contributed by atoms with Gasteiger partial charge in [-0.15, -0.1) is 0 Å². The number of hydrogen-bond acceptors (Lipinski definition) is 6. The lowest BCUT2D eigenvalue weighted by atomic mass is 10.1. The van der Waals surface area contributed by atoms with Gasteiger partial charge in [0.15, 0.2) is 5.82 Å². The third-order valence-corrected chi connectivity index (χ3v) is 7.05. The first-order valence-corrected chi connectivity index (χ1v) is 13.4. The molecule has 0 spiro atoms. The van der Waals surface area contributed by atoms with Crippen LogP contribution in [0.25, 0.3) is 10.9 Å². The third kappa shape index (κ3) is 5.92. The summed E-state index contributed by atoms with van der Waals surface area (Å²) in [6, 6.07) is 30.9. The van der Waals surface area contributed by atoms with Gasteiger partial charge < -0.3 is 24.6 Å². The second-order valence-electron chi connectivity index (χ2n) is 9.92. The molecule has 2 heterocycles. The quantitative estimate of drug-likeness (QED) is 0.257. The Kier molecular flexibility index (Phi) is 7.32. The van der Waals surface area contributed by atoms with E-state index in [1.54, 1.807) is 0 Å². The summed E-state index contributed by atoms with van der Waals surface area (Å²) in [6.07, 6.45) is 0. The molecule has 1 aromatic heterocycles. The fourth-order valence-corrected chi connectivity index (χ4v) is 4.72.